The summed E-state index contributed by atoms with van der Waals surface area (Å²) in [5, 5.41) is 5.61. The van der Waals surface area contributed by atoms with Gasteiger partial charge < -0.3 is 11.1 Å². The fourth-order valence-corrected chi connectivity index (χ4v) is 2.66. The Bertz CT molecular complexity index is 501. The second kappa shape index (κ2) is 6.02. The fourth-order valence-electron chi connectivity index (χ4n) is 1.71. The molecule has 0 amide bonds. The largest absolute Gasteiger partial charge is 0.394 e. The molecule has 0 aliphatic rings. The summed E-state index contributed by atoms with van der Waals surface area (Å²) < 4.78 is 0. The van der Waals surface area contributed by atoms with Crippen molar-refractivity contribution in [3.05, 3.63) is 33.9 Å². The van der Waals surface area contributed by atoms with Gasteiger partial charge in [0.1, 0.15) is 0 Å². The molecule has 0 saturated heterocycles. The van der Waals surface area contributed by atoms with Crippen LogP contribution >= 0.6 is 22.9 Å². The molecular formula is C12H15ClN4S. The van der Waals surface area contributed by atoms with Crippen LogP contribution in [0.15, 0.2) is 23.7 Å². The van der Waals surface area contributed by atoms with Crippen molar-refractivity contribution in [2.24, 2.45) is 0 Å². The van der Waals surface area contributed by atoms with Crippen LogP contribution < -0.4 is 11.1 Å². The predicted molar refractivity (Wildman–Crippen MR) is 77.0 cm³/mol. The third-order valence-electron chi connectivity index (χ3n) is 2.56. The molecule has 0 fully saturated rings. The van der Waals surface area contributed by atoms with Crippen molar-refractivity contribution in [1.29, 1.82) is 0 Å². The van der Waals surface area contributed by atoms with Crippen LogP contribution in [-0.4, -0.2) is 9.97 Å². The average molecular weight is 283 g/mol. The lowest BCUT2D eigenvalue weighted by atomic mass is 10.1. The molecule has 6 heteroatoms. The summed E-state index contributed by atoms with van der Waals surface area (Å²) in [5.74, 6) is 0.599. The molecule has 0 aromatic carbocycles. The molecule has 1 atom stereocenters. The summed E-state index contributed by atoms with van der Waals surface area (Å²) in [6.45, 7) is 2.15. The van der Waals surface area contributed by atoms with E-state index in [-0.39, 0.29) is 11.3 Å². The maximum atomic E-state index is 5.84. The van der Waals surface area contributed by atoms with Gasteiger partial charge in [0.2, 0.25) is 5.28 Å². The van der Waals surface area contributed by atoms with Crippen molar-refractivity contribution in [1.82, 2.24) is 9.97 Å². The lowest BCUT2D eigenvalue weighted by Gasteiger charge is -2.18. The number of nitrogens with one attached hydrogen (secondary N) is 1. The Kier molecular flexibility index (Phi) is 4.38. The van der Waals surface area contributed by atoms with E-state index in [4.69, 9.17) is 17.3 Å². The Morgan fingerprint density at radius 2 is 2.39 bits per heavy atom. The zero-order chi connectivity index (χ0) is 13.0. The molecule has 0 spiro atoms. The van der Waals surface area contributed by atoms with E-state index in [1.807, 2.05) is 6.07 Å². The minimum absolute atomic E-state index is 0.202. The molecule has 0 aliphatic carbocycles. The second-order valence-corrected chi connectivity index (χ2v) is 5.26. The van der Waals surface area contributed by atoms with E-state index in [2.05, 4.69) is 33.7 Å². The van der Waals surface area contributed by atoms with Crippen LogP contribution in [-0.2, 0) is 0 Å². The number of nitrogens with zero attached hydrogens (tertiary/aromatic N) is 2. The Balaban J connectivity index is 2.21. The highest BCUT2D eigenvalue weighted by molar-refractivity contribution is 7.10. The summed E-state index contributed by atoms with van der Waals surface area (Å²) in [4.78, 5) is 9.24. The van der Waals surface area contributed by atoms with Gasteiger partial charge in [-0.1, -0.05) is 19.4 Å². The van der Waals surface area contributed by atoms with Crippen LogP contribution in [0.4, 0.5) is 11.5 Å². The molecule has 2 aromatic rings. The molecule has 2 rings (SSSR count). The number of nitrogen functional groups attached to an aromatic ring is 1. The summed E-state index contributed by atoms with van der Waals surface area (Å²) in [7, 11) is 0. The van der Waals surface area contributed by atoms with Gasteiger partial charge in [-0.2, -0.15) is 4.98 Å². The zero-order valence-electron chi connectivity index (χ0n) is 10.1. The van der Waals surface area contributed by atoms with Crippen LogP contribution in [0.2, 0.25) is 5.28 Å². The van der Waals surface area contributed by atoms with Gasteiger partial charge in [-0.25, -0.2) is 4.98 Å². The number of thiophene rings is 1. The summed E-state index contributed by atoms with van der Waals surface area (Å²) in [6, 6.07) is 4.36. The van der Waals surface area contributed by atoms with E-state index in [1.165, 1.54) is 11.1 Å². The maximum Gasteiger partial charge on any atom is 0.224 e. The van der Waals surface area contributed by atoms with Crippen LogP contribution in [0.1, 0.15) is 30.7 Å². The summed E-state index contributed by atoms with van der Waals surface area (Å²) in [5.41, 5.74) is 6.36. The number of nitrogens with two attached hydrogens (primary N) is 1. The topological polar surface area (TPSA) is 63.8 Å². The lowest BCUT2D eigenvalue weighted by molar-refractivity contribution is 0.684. The number of halogens is 1. The first-order chi connectivity index (χ1) is 8.70. The van der Waals surface area contributed by atoms with E-state index in [1.54, 1.807) is 11.3 Å². The highest BCUT2D eigenvalue weighted by Crippen LogP contribution is 2.28. The first-order valence-corrected chi connectivity index (χ1v) is 7.04. The van der Waals surface area contributed by atoms with Crippen LogP contribution in [0, 0.1) is 0 Å². The second-order valence-electron chi connectivity index (χ2n) is 3.94. The molecule has 1 unspecified atom stereocenters. The number of rotatable bonds is 5. The van der Waals surface area contributed by atoms with Gasteiger partial charge in [0.05, 0.1) is 17.9 Å². The van der Waals surface area contributed by atoms with Gasteiger partial charge in [-0.3, -0.25) is 0 Å². The number of anilines is 2. The Labute approximate surface area is 115 Å². The van der Waals surface area contributed by atoms with Gasteiger partial charge in [-0.05, 0) is 29.5 Å². The van der Waals surface area contributed by atoms with Gasteiger partial charge in [0, 0.05) is 4.88 Å². The Morgan fingerprint density at radius 3 is 3.06 bits per heavy atom. The highest BCUT2D eigenvalue weighted by atomic mass is 35.5. The molecule has 3 N–H and O–H groups in total. The quantitative estimate of drug-likeness (QED) is 0.820. The Hall–Kier alpha value is -1.33. The zero-order valence-corrected chi connectivity index (χ0v) is 11.6. The van der Waals surface area contributed by atoms with E-state index in [0.29, 0.717) is 11.5 Å². The molecule has 2 heterocycles. The molecule has 0 bridgehead atoms. The molecule has 2 aromatic heterocycles. The SMILES string of the molecule is CCCC(Nc1nc(Cl)ncc1N)c1cccs1. The van der Waals surface area contributed by atoms with Crippen LogP contribution in [0.5, 0.6) is 0 Å². The van der Waals surface area contributed by atoms with Gasteiger partial charge in [-0.15, -0.1) is 11.3 Å². The van der Waals surface area contributed by atoms with Crippen molar-refractivity contribution in [3.8, 4) is 0 Å². The molecule has 4 nitrogen and oxygen atoms in total. The van der Waals surface area contributed by atoms with Crippen LogP contribution in [0.3, 0.4) is 0 Å². The number of aromatic nitrogens is 2. The molecule has 96 valence electrons. The molecule has 18 heavy (non-hydrogen) atoms. The molecule has 0 aliphatic heterocycles. The molecule has 0 radical (unpaired) electrons. The molecule has 0 saturated carbocycles. The van der Waals surface area contributed by atoms with Crippen molar-refractivity contribution in [2.75, 3.05) is 11.1 Å². The summed E-state index contributed by atoms with van der Waals surface area (Å²) >= 11 is 7.51. The van der Waals surface area contributed by atoms with E-state index >= 15 is 0 Å². The van der Waals surface area contributed by atoms with E-state index in [9.17, 15) is 0 Å². The van der Waals surface area contributed by atoms with Crippen molar-refractivity contribution in [2.45, 2.75) is 25.8 Å². The van der Waals surface area contributed by atoms with Gasteiger partial charge in [0.25, 0.3) is 0 Å². The number of hydrogen-bond donors (Lipinski definition) is 2. The maximum absolute atomic E-state index is 5.84. The standard InChI is InChI=1S/C12H15ClN4S/c1-2-4-9(10-5-3-6-18-10)16-11-8(14)7-15-12(13)17-11/h3,5-7,9H,2,4,14H2,1H3,(H,15,16,17). The summed E-state index contributed by atoms with van der Waals surface area (Å²) in [6.07, 6.45) is 3.62. The normalized spacial score (nSPS) is 12.3. The van der Waals surface area contributed by atoms with E-state index in [0.717, 1.165) is 12.8 Å². The molecular weight excluding hydrogens is 268 g/mol. The number of hydrogen-bond acceptors (Lipinski definition) is 5. The first-order valence-electron chi connectivity index (χ1n) is 5.78. The van der Waals surface area contributed by atoms with Gasteiger partial charge in [0.15, 0.2) is 5.82 Å². The van der Waals surface area contributed by atoms with Crippen LogP contribution in [0.25, 0.3) is 0 Å². The first kappa shape index (κ1) is 13.1. The van der Waals surface area contributed by atoms with Crippen molar-refractivity contribution >= 4 is 34.4 Å². The van der Waals surface area contributed by atoms with Crippen molar-refractivity contribution in [3.63, 3.8) is 0 Å². The monoisotopic (exact) mass is 282 g/mol. The minimum atomic E-state index is 0.202. The smallest absolute Gasteiger partial charge is 0.224 e. The minimum Gasteiger partial charge on any atom is -0.394 e. The third-order valence-corrected chi connectivity index (χ3v) is 3.73. The lowest BCUT2D eigenvalue weighted by Crippen LogP contribution is -2.12. The van der Waals surface area contributed by atoms with E-state index < -0.39 is 0 Å². The van der Waals surface area contributed by atoms with Gasteiger partial charge >= 0.3 is 0 Å². The predicted octanol–water partition coefficient (Wildman–Crippen LogP) is 3.73. The third kappa shape index (κ3) is 3.11. The average Bonchev–Trinajstić information content (AvgIpc) is 2.87. The van der Waals surface area contributed by atoms with Crippen molar-refractivity contribution < 1.29 is 0 Å². The highest BCUT2D eigenvalue weighted by Gasteiger charge is 2.14. The Morgan fingerprint density at radius 1 is 1.56 bits per heavy atom. The fraction of sp³-hybridized carbons (Fsp3) is 0.333.